The fourth-order valence-electron chi connectivity index (χ4n) is 2.45. The molecule has 24 heavy (non-hydrogen) atoms. The summed E-state index contributed by atoms with van der Waals surface area (Å²) in [7, 11) is 1.64. The van der Waals surface area contributed by atoms with Gasteiger partial charge in [0.1, 0.15) is 5.75 Å². The van der Waals surface area contributed by atoms with Crippen LogP contribution < -0.4 is 15.4 Å². The summed E-state index contributed by atoms with van der Waals surface area (Å²) >= 11 is 3.47. The van der Waals surface area contributed by atoms with Crippen LogP contribution in [-0.2, 0) is 6.42 Å². The zero-order chi connectivity index (χ0) is 17.7. The standard InChI is InChI=1S/C19H23BrN2O2/c1-12-9-14(3)17(10-13(12)2)22-19(23)21-8-7-15-5-6-18(24-4)16(20)11-15/h5-6,9-11H,7-8H2,1-4H3,(H2,21,22,23). The molecule has 0 spiro atoms. The molecule has 0 aliphatic heterocycles. The quantitative estimate of drug-likeness (QED) is 0.773. The van der Waals surface area contributed by atoms with Gasteiger partial charge in [-0.3, -0.25) is 0 Å². The molecular formula is C19H23BrN2O2. The molecule has 0 saturated carbocycles. The Morgan fingerprint density at radius 2 is 1.79 bits per heavy atom. The van der Waals surface area contributed by atoms with E-state index in [9.17, 15) is 4.79 Å². The van der Waals surface area contributed by atoms with Crippen LogP contribution in [0.1, 0.15) is 22.3 Å². The van der Waals surface area contributed by atoms with Crippen molar-refractivity contribution in [2.24, 2.45) is 0 Å². The Morgan fingerprint density at radius 1 is 1.08 bits per heavy atom. The maximum atomic E-state index is 12.1. The van der Waals surface area contributed by atoms with Crippen LogP contribution >= 0.6 is 15.9 Å². The number of nitrogens with one attached hydrogen (secondary N) is 2. The van der Waals surface area contributed by atoms with Gasteiger partial charge in [0.05, 0.1) is 11.6 Å². The molecule has 0 saturated heterocycles. The molecule has 0 radical (unpaired) electrons. The molecule has 0 aliphatic rings. The van der Waals surface area contributed by atoms with Crippen LogP contribution in [0.4, 0.5) is 10.5 Å². The van der Waals surface area contributed by atoms with Crippen molar-refractivity contribution in [3.63, 3.8) is 0 Å². The summed E-state index contributed by atoms with van der Waals surface area (Å²) in [5.41, 5.74) is 5.43. The van der Waals surface area contributed by atoms with Crippen LogP contribution in [-0.4, -0.2) is 19.7 Å². The average molecular weight is 391 g/mol. The molecule has 2 N–H and O–H groups in total. The molecule has 0 atom stereocenters. The lowest BCUT2D eigenvalue weighted by molar-refractivity contribution is 0.252. The zero-order valence-electron chi connectivity index (χ0n) is 14.5. The largest absolute Gasteiger partial charge is 0.496 e. The number of amides is 2. The zero-order valence-corrected chi connectivity index (χ0v) is 16.1. The fourth-order valence-corrected chi connectivity index (χ4v) is 3.04. The van der Waals surface area contributed by atoms with Crippen LogP contribution in [0.25, 0.3) is 0 Å². The van der Waals surface area contributed by atoms with Crippen molar-refractivity contribution >= 4 is 27.6 Å². The van der Waals surface area contributed by atoms with Crippen LogP contribution in [0.15, 0.2) is 34.8 Å². The van der Waals surface area contributed by atoms with Gasteiger partial charge in [0.15, 0.2) is 0 Å². The molecule has 0 aliphatic carbocycles. The number of rotatable bonds is 5. The number of halogens is 1. The molecule has 0 fully saturated rings. The van der Waals surface area contributed by atoms with E-state index < -0.39 is 0 Å². The molecule has 128 valence electrons. The van der Waals surface area contributed by atoms with E-state index in [0.717, 1.165) is 33.5 Å². The minimum absolute atomic E-state index is 0.186. The van der Waals surface area contributed by atoms with E-state index in [2.05, 4.69) is 39.6 Å². The minimum Gasteiger partial charge on any atom is -0.496 e. The van der Waals surface area contributed by atoms with Crippen molar-refractivity contribution in [2.75, 3.05) is 19.0 Å². The predicted octanol–water partition coefficient (Wildman–Crippen LogP) is 4.75. The van der Waals surface area contributed by atoms with E-state index in [0.29, 0.717) is 6.54 Å². The van der Waals surface area contributed by atoms with Gasteiger partial charge in [-0.1, -0.05) is 12.1 Å². The van der Waals surface area contributed by atoms with Gasteiger partial charge in [0.2, 0.25) is 0 Å². The normalized spacial score (nSPS) is 10.4. The first-order chi connectivity index (χ1) is 11.4. The van der Waals surface area contributed by atoms with Crippen molar-refractivity contribution in [1.29, 1.82) is 0 Å². The second-order valence-corrected chi connectivity index (χ2v) is 6.71. The maximum Gasteiger partial charge on any atom is 0.319 e. The average Bonchev–Trinajstić information content (AvgIpc) is 2.53. The summed E-state index contributed by atoms with van der Waals surface area (Å²) in [6, 6.07) is 9.82. The highest BCUT2D eigenvalue weighted by atomic mass is 79.9. The van der Waals surface area contributed by atoms with Crippen molar-refractivity contribution < 1.29 is 9.53 Å². The summed E-state index contributed by atoms with van der Waals surface area (Å²) in [6.45, 7) is 6.67. The van der Waals surface area contributed by atoms with Crippen LogP contribution in [0.5, 0.6) is 5.75 Å². The molecule has 4 nitrogen and oxygen atoms in total. The summed E-state index contributed by atoms with van der Waals surface area (Å²) in [5, 5.41) is 5.81. The van der Waals surface area contributed by atoms with Gasteiger partial charge >= 0.3 is 6.03 Å². The third-order valence-electron chi connectivity index (χ3n) is 4.00. The number of anilines is 1. The summed E-state index contributed by atoms with van der Waals surface area (Å²) < 4.78 is 6.13. The van der Waals surface area contributed by atoms with Gasteiger partial charge in [-0.15, -0.1) is 0 Å². The Morgan fingerprint density at radius 3 is 2.46 bits per heavy atom. The molecule has 2 aromatic carbocycles. The molecule has 2 amide bonds. The lowest BCUT2D eigenvalue weighted by atomic mass is 10.1. The second kappa shape index (κ2) is 8.20. The molecule has 5 heteroatoms. The Labute approximate surface area is 151 Å². The lowest BCUT2D eigenvalue weighted by Crippen LogP contribution is -2.30. The molecule has 0 bridgehead atoms. The molecular weight excluding hydrogens is 368 g/mol. The minimum atomic E-state index is -0.186. The van der Waals surface area contributed by atoms with Crippen molar-refractivity contribution in [1.82, 2.24) is 5.32 Å². The Hall–Kier alpha value is -2.01. The van der Waals surface area contributed by atoms with Crippen molar-refractivity contribution in [3.8, 4) is 5.75 Å². The number of ether oxygens (including phenoxy) is 1. The third-order valence-corrected chi connectivity index (χ3v) is 4.62. The monoisotopic (exact) mass is 390 g/mol. The van der Waals surface area contributed by atoms with E-state index in [1.165, 1.54) is 11.1 Å². The smallest absolute Gasteiger partial charge is 0.319 e. The molecule has 2 aromatic rings. The summed E-state index contributed by atoms with van der Waals surface area (Å²) in [6.07, 6.45) is 0.752. The van der Waals surface area contributed by atoms with Gasteiger partial charge in [0.25, 0.3) is 0 Å². The Bertz CT molecular complexity index is 744. The number of urea groups is 1. The van der Waals surface area contributed by atoms with Gasteiger partial charge in [-0.2, -0.15) is 0 Å². The fraction of sp³-hybridized carbons (Fsp3) is 0.316. The number of carbonyl (C=O) groups is 1. The number of aryl methyl sites for hydroxylation is 3. The topological polar surface area (TPSA) is 50.4 Å². The highest BCUT2D eigenvalue weighted by molar-refractivity contribution is 9.10. The van der Waals surface area contributed by atoms with E-state index in [-0.39, 0.29) is 6.03 Å². The molecule has 0 heterocycles. The molecule has 0 aromatic heterocycles. The van der Waals surface area contributed by atoms with Crippen molar-refractivity contribution in [3.05, 3.63) is 57.1 Å². The number of methoxy groups -OCH3 is 1. The Balaban J connectivity index is 1.88. The van der Waals surface area contributed by atoms with Gasteiger partial charge < -0.3 is 15.4 Å². The second-order valence-electron chi connectivity index (χ2n) is 5.85. The summed E-state index contributed by atoms with van der Waals surface area (Å²) in [5.74, 6) is 0.801. The lowest BCUT2D eigenvalue weighted by Gasteiger charge is -2.12. The first kappa shape index (κ1) is 18.3. The van der Waals surface area contributed by atoms with Gasteiger partial charge in [0, 0.05) is 12.2 Å². The molecule has 2 rings (SSSR count). The predicted molar refractivity (Wildman–Crippen MR) is 102 cm³/mol. The SMILES string of the molecule is COc1ccc(CCNC(=O)Nc2cc(C)c(C)cc2C)cc1Br. The van der Waals surface area contributed by atoms with Crippen LogP contribution in [0, 0.1) is 20.8 Å². The maximum absolute atomic E-state index is 12.1. The first-order valence-corrected chi connectivity index (χ1v) is 8.65. The number of carbonyl (C=O) groups excluding carboxylic acids is 1. The Kier molecular flexibility index (Phi) is 6.26. The summed E-state index contributed by atoms with van der Waals surface area (Å²) in [4.78, 5) is 12.1. The number of hydrogen-bond acceptors (Lipinski definition) is 2. The number of benzene rings is 2. The van der Waals surface area contributed by atoms with E-state index in [1.807, 2.05) is 38.1 Å². The first-order valence-electron chi connectivity index (χ1n) is 7.86. The molecule has 0 unspecified atom stereocenters. The third kappa shape index (κ3) is 4.74. The van der Waals surface area contributed by atoms with Crippen molar-refractivity contribution in [2.45, 2.75) is 27.2 Å². The highest BCUT2D eigenvalue weighted by Gasteiger charge is 2.07. The van der Waals surface area contributed by atoms with E-state index >= 15 is 0 Å². The van der Waals surface area contributed by atoms with Crippen LogP contribution in [0.2, 0.25) is 0 Å². The van der Waals surface area contributed by atoms with E-state index in [4.69, 9.17) is 4.74 Å². The highest BCUT2D eigenvalue weighted by Crippen LogP contribution is 2.25. The van der Waals surface area contributed by atoms with Gasteiger partial charge in [-0.25, -0.2) is 4.79 Å². The van der Waals surface area contributed by atoms with E-state index in [1.54, 1.807) is 7.11 Å². The van der Waals surface area contributed by atoms with Crippen LogP contribution in [0.3, 0.4) is 0 Å². The number of hydrogen-bond donors (Lipinski definition) is 2. The van der Waals surface area contributed by atoms with Gasteiger partial charge in [-0.05, 0) is 83.6 Å².